The van der Waals surface area contributed by atoms with Crippen LogP contribution < -0.4 is 10.1 Å². The van der Waals surface area contributed by atoms with Gasteiger partial charge in [-0.15, -0.1) is 0 Å². The highest BCUT2D eigenvalue weighted by atomic mass is 16.5. The zero-order valence-electron chi connectivity index (χ0n) is 11.6. The molecule has 0 unspecified atom stereocenters. The number of nitrogens with one attached hydrogen (secondary N) is 1. The van der Waals surface area contributed by atoms with Crippen LogP contribution in [0.2, 0.25) is 0 Å². The summed E-state index contributed by atoms with van der Waals surface area (Å²) in [6.07, 6.45) is -0.0978. The second-order valence-electron chi connectivity index (χ2n) is 5.12. The highest BCUT2D eigenvalue weighted by Crippen LogP contribution is 2.27. The van der Waals surface area contributed by atoms with Crippen LogP contribution in [0.1, 0.15) is 25.8 Å². The third-order valence-electron chi connectivity index (χ3n) is 2.81. The molecule has 0 radical (unpaired) electrons. The molecule has 0 heterocycles. The van der Waals surface area contributed by atoms with Gasteiger partial charge in [-0.3, -0.25) is 9.59 Å². The Hall–Kier alpha value is -2.04. The number of rotatable bonds is 5. The Morgan fingerprint density at radius 2 is 2.00 bits per heavy atom. The highest BCUT2D eigenvalue weighted by Gasteiger charge is 2.30. The molecule has 0 bridgehead atoms. The first-order valence-corrected chi connectivity index (χ1v) is 5.94. The number of carboxylic acids is 1. The molecule has 19 heavy (non-hydrogen) atoms. The van der Waals surface area contributed by atoms with Crippen molar-refractivity contribution in [1.82, 2.24) is 0 Å². The van der Waals surface area contributed by atoms with Gasteiger partial charge in [-0.1, -0.05) is 6.07 Å². The molecule has 0 saturated carbocycles. The zero-order valence-corrected chi connectivity index (χ0v) is 11.6. The lowest BCUT2D eigenvalue weighted by Crippen LogP contribution is -2.29. The van der Waals surface area contributed by atoms with E-state index in [0.29, 0.717) is 11.4 Å². The second-order valence-corrected chi connectivity index (χ2v) is 5.12. The van der Waals surface area contributed by atoms with E-state index in [4.69, 9.17) is 9.84 Å². The van der Waals surface area contributed by atoms with E-state index in [1.54, 1.807) is 12.1 Å². The van der Waals surface area contributed by atoms with Crippen LogP contribution in [0.25, 0.3) is 0 Å². The normalized spacial score (nSPS) is 10.9. The Morgan fingerprint density at radius 3 is 2.53 bits per heavy atom. The molecule has 1 rings (SSSR count). The minimum atomic E-state index is -1.10. The lowest BCUT2D eigenvalue weighted by molar-refractivity contribution is -0.148. The van der Waals surface area contributed by atoms with Gasteiger partial charge in [0, 0.05) is 6.42 Å². The van der Waals surface area contributed by atoms with Crippen LogP contribution in [0.3, 0.4) is 0 Å². The number of benzene rings is 1. The predicted molar refractivity (Wildman–Crippen MR) is 72.4 cm³/mol. The maximum atomic E-state index is 11.9. The Morgan fingerprint density at radius 1 is 1.37 bits per heavy atom. The fourth-order valence-electron chi connectivity index (χ4n) is 1.59. The molecule has 1 aromatic rings. The predicted octanol–water partition coefficient (Wildman–Crippen LogP) is 2.44. The number of carboxylic acid groups (broad SMARTS) is 1. The van der Waals surface area contributed by atoms with Crippen LogP contribution in [-0.2, 0) is 9.59 Å². The van der Waals surface area contributed by atoms with E-state index in [1.165, 1.54) is 21.0 Å². The van der Waals surface area contributed by atoms with Crippen LogP contribution in [0, 0.1) is 12.3 Å². The molecular weight excluding hydrogens is 246 g/mol. The van der Waals surface area contributed by atoms with Crippen molar-refractivity contribution < 1.29 is 19.4 Å². The largest absolute Gasteiger partial charge is 0.495 e. The summed E-state index contributed by atoms with van der Waals surface area (Å²) in [4.78, 5) is 22.9. The van der Waals surface area contributed by atoms with Gasteiger partial charge < -0.3 is 15.2 Å². The van der Waals surface area contributed by atoms with E-state index in [9.17, 15) is 9.59 Å². The average molecular weight is 265 g/mol. The van der Waals surface area contributed by atoms with E-state index in [-0.39, 0.29) is 12.3 Å². The van der Waals surface area contributed by atoms with Gasteiger partial charge in [-0.25, -0.2) is 0 Å². The van der Waals surface area contributed by atoms with Gasteiger partial charge in [0.25, 0.3) is 0 Å². The molecule has 0 aliphatic carbocycles. The van der Waals surface area contributed by atoms with Gasteiger partial charge >= 0.3 is 5.97 Å². The third kappa shape index (κ3) is 3.98. The van der Waals surface area contributed by atoms with Crippen molar-refractivity contribution in [2.45, 2.75) is 27.2 Å². The SMILES string of the molecule is COc1ccc(C)cc1NC(=O)CC(C)(C)C(=O)O. The summed E-state index contributed by atoms with van der Waals surface area (Å²) < 4.78 is 5.15. The van der Waals surface area contributed by atoms with E-state index in [2.05, 4.69) is 5.32 Å². The summed E-state index contributed by atoms with van der Waals surface area (Å²) in [5, 5.41) is 11.7. The first kappa shape index (κ1) is 15.0. The standard InChI is InChI=1S/C14H19NO4/c1-9-5-6-11(19-4)10(7-9)15-12(16)8-14(2,3)13(17)18/h5-7H,8H2,1-4H3,(H,15,16)(H,17,18). The van der Waals surface area contributed by atoms with E-state index >= 15 is 0 Å². The van der Waals surface area contributed by atoms with Crippen LogP contribution >= 0.6 is 0 Å². The van der Waals surface area contributed by atoms with Gasteiger partial charge in [-0.2, -0.15) is 0 Å². The Balaban J connectivity index is 2.83. The molecular formula is C14H19NO4. The maximum Gasteiger partial charge on any atom is 0.309 e. The smallest absolute Gasteiger partial charge is 0.309 e. The van der Waals surface area contributed by atoms with Crippen molar-refractivity contribution in [2.24, 2.45) is 5.41 Å². The number of aryl methyl sites for hydroxylation is 1. The molecule has 0 aliphatic heterocycles. The van der Waals surface area contributed by atoms with E-state index in [1.807, 2.05) is 13.0 Å². The number of methoxy groups -OCH3 is 1. The quantitative estimate of drug-likeness (QED) is 0.857. The number of hydrogen-bond donors (Lipinski definition) is 2. The lowest BCUT2D eigenvalue weighted by Gasteiger charge is -2.19. The van der Waals surface area contributed by atoms with Gasteiger partial charge in [0.1, 0.15) is 5.75 Å². The lowest BCUT2D eigenvalue weighted by atomic mass is 9.89. The van der Waals surface area contributed by atoms with Crippen molar-refractivity contribution in [3.63, 3.8) is 0 Å². The summed E-state index contributed by atoms with van der Waals surface area (Å²) in [6.45, 7) is 4.93. The molecule has 0 aliphatic rings. The third-order valence-corrected chi connectivity index (χ3v) is 2.81. The number of amides is 1. The van der Waals surface area contributed by atoms with Gasteiger partial charge in [0.2, 0.25) is 5.91 Å². The number of carbonyl (C=O) groups is 2. The molecule has 0 fully saturated rings. The van der Waals surface area contributed by atoms with Crippen LogP contribution in [-0.4, -0.2) is 24.1 Å². The molecule has 0 saturated heterocycles. The molecule has 5 nitrogen and oxygen atoms in total. The molecule has 5 heteroatoms. The van der Waals surface area contributed by atoms with Gasteiger partial charge in [0.15, 0.2) is 0 Å². The maximum absolute atomic E-state index is 11.9. The number of hydrogen-bond acceptors (Lipinski definition) is 3. The summed E-state index contributed by atoms with van der Waals surface area (Å²) in [5.74, 6) is -0.803. The van der Waals surface area contributed by atoms with Crippen molar-refractivity contribution in [2.75, 3.05) is 12.4 Å². The van der Waals surface area contributed by atoms with Crippen LogP contribution in [0.15, 0.2) is 18.2 Å². The van der Waals surface area contributed by atoms with Crippen molar-refractivity contribution in [3.05, 3.63) is 23.8 Å². The molecule has 1 amide bonds. The Labute approximate surface area is 112 Å². The van der Waals surface area contributed by atoms with Crippen molar-refractivity contribution >= 4 is 17.6 Å². The molecule has 0 spiro atoms. The number of anilines is 1. The minimum Gasteiger partial charge on any atom is -0.495 e. The average Bonchev–Trinajstić information content (AvgIpc) is 2.28. The second kappa shape index (κ2) is 5.73. The molecule has 0 atom stereocenters. The fraction of sp³-hybridized carbons (Fsp3) is 0.429. The topological polar surface area (TPSA) is 75.6 Å². The van der Waals surface area contributed by atoms with Crippen LogP contribution in [0.4, 0.5) is 5.69 Å². The molecule has 0 aromatic heterocycles. The molecule has 1 aromatic carbocycles. The first-order valence-electron chi connectivity index (χ1n) is 5.94. The molecule has 104 valence electrons. The fourth-order valence-corrected chi connectivity index (χ4v) is 1.59. The van der Waals surface area contributed by atoms with E-state index in [0.717, 1.165) is 5.56 Å². The zero-order chi connectivity index (χ0) is 14.6. The number of carbonyl (C=O) groups excluding carboxylic acids is 1. The summed E-state index contributed by atoms with van der Waals surface area (Å²) in [5.41, 5.74) is 0.434. The van der Waals surface area contributed by atoms with Crippen molar-refractivity contribution in [3.8, 4) is 5.75 Å². The summed E-state index contributed by atoms with van der Waals surface area (Å²) in [6, 6.07) is 5.41. The summed E-state index contributed by atoms with van der Waals surface area (Å²) in [7, 11) is 1.52. The van der Waals surface area contributed by atoms with Gasteiger partial charge in [0.05, 0.1) is 18.2 Å². The Bertz CT molecular complexity index is 494. The number of aliphatic carboxylic acids is 1. The molecule has 2 N–H and O–H groups in total. The van der Waals surface area contributed by atoms with Gasteiger partial charge in [-0.05, 0) is 38.5 Å². The van der Waals surface area contributed by atoms with Crippen molar-refractivity contribution in [1.29, 1.82) is 0 Å². The summed E-state index contributed by atoms with van der Waals surface area (Å²) >= 11 is 0. The Kier molecular flexibility index (Phi) is 4.53. The highest BCUT2D eigenvalue weighted by molar-refractivity contribution is 5.95. The van der Waals surface area contributed by atoms with E-state index < -0.39 is 11.4 Å². The minimum absolute atomic E-state index is 0.0978. The first-order chi connectivity index (χ1) is 8.76. The van der Waals surface area contributed by atoms with Crippen LogP contribution in [0.5, 0.6) is 5.75 Å². The monoisotopic (exact) mass is 265 g/mol. The number of ether oxygens (including phenoxy) is 1.